The maximum atomic E-state index is 13.3. The monoisotopic (exact) mass is 683 g/mol. The van der Waals surface area contributed by atoms with Crippen molar-refractivity contribution in [3.05, 3.63) is 54.2 Å². The number of alkyl halides is 3. The molecule has 1 atom stereocenters. The first-order valence-electron chi connectivity index (χ1n) is 14.4. The Bertz CT molecular complexity index is 1770. The van der Waals surface area contributed by atoms with Crippen molar-refractivity contribution < 1.29 is 40.0 Å². The number of carbonyl (C=O) groups is 1. The Morgan fingerprint density at radius 1 is 1.17 bits per heavy atom. The summed E-state index contributed by atoms with van der Waals surface area (Å²) in [6.45, 7) is 14.4. The fourth-order valence-corrected chi connectivity index (χ4v) is 5.91. The van der Waals surface area contributed by atoms with E-state index in [1.807, 2.05) is 34.6 Å². The topological polar surface area (TPSA) is 126 Å². The zero-order valence-corrected chi connectivity index (χ0v) is 27.9. The van der Waals surface area contributed by atoms with E-state index in [2.05, 4.69) is 25.8 Å². The van der Waals surface area contributed by atoms with Gasteiger partial charge in [0.25, 0.3) is 0 Å². The highest BCUT2D eigenvalue weighted by molar-refractivity contribution is 7.88. The number of ether oxygens (including phenoxy) is 2. The van der Waals surface area contributed by atoms with Gasteiger partial charge in [0.2, 0.25) is 11.8 Å². The van der Waals surface area contributed by atoms with Crippen LogP contribution in [0.2, 0.25) is 0 Å². The van der Waals surface area contributed by atoms with Crippen LogP contribution in [0.4, 0.5) is 13.2 Å². The van der Waals surface area contributed by atoms with Crippen LogP contribution in [0.25, 0.3) is 32.7 Å². The van der Waals surface area contributed by atoms with E-state index in [-0.39, 0.29) is 48.5 Å². The van der Waals surface area contributed by atoms with Crippen LogP contribution in [0, 0.1) is 0 Å². The van der Waals surface area contributed by atoms with E-state index in [4.69, 9.17) is 9.47 Å². The molecule has 4 aromatic heterocycles. The number of methoxy groups -OCH3 is 1. The highest BCUT2D eigenvalue weighted by Crippen LogP contribution is 2.45. The quantitative estimate of drug-likeness (QED) is 0.0829. The minimum atomic E-state index is -6.04. The number of nitrogens with zero attached hydrogens (tertiary/aromatic N) is 5. The van der Waals surface area contributed by atoms with Crippen LogP contribution in [-0.4, -0.2) is 71.3 Å². The molecule has 1 aliphatic heterocycles. The van der Waals surface area contributed by atoms with Gasteiger partial charge in [-0.25, -0.2) is 4.98 Å². The van der Waals surface area contributed by atoms with Crippen molar-refractivity contribution >= 4 is 37.4 Å². The van der Waals surface area contributed by atoms with Gasteiger partial charge in [0.05, 0.1) is 40.5 Å². The summed E-state index contributed by atoms with van der Waals surface area (Å²) >= 11 is 1.13. The molecule has 5 rings (SSSR count). The lowest BCUT2D eigenvalue weighted by molar-refractivity contribution is -0.127. The Balaban J connectivity index is 0.00000139. The van der Waals surface area contributed by atoms with E-state index in [1.165, 1.54) is 25.4 Å². The molecule has 16 heteroatoms. The summed E-state index contributed by atoms with van der Waals surface area (Å²) in [4.78, 5) is 22.7. The van der Waals surface area contributed by atoms with Crippen molar-refractivity contribution in [2.45, 2.75) is 52.7 Å². The van der Waals surface area contributed by atoms with E-state index in [0.717, 1.165) is 11.3 Å². The van der Waals surface area contributed by atoms with E-state index < -0.39 is 21.5 Å². The Labute approximate surface area is 269 Å². The maximum absolute atomic E-state index is 13.3. The lowest BCUT2D eigenvalue weighted by Gasteiger charge is -2.31. The molecule has 1 unspecified atom stereocenters. The number of halogens is 3. The summed E-state index contributed by atoms with van der Waals surface area (Å²) in [5.74, 6) is -0.694. The molecule has 1 amide bonds. The van der Waals surface area contributed by atoms with Crippen LogP contribution in [-0.2, 0) is 26.2 Å². The predicted molar refractivity (Wildman–Crippen MR) is 170 cm³/mol. The lowest BCUT2D eigenvalue weighted by atomic mass is 10.0. The minimum Gasteiger partial charge on any atom is -0.489 e. The van der Waals surface area contributed by atoms with Crippen molar-refractivity contribution in [2.24, 2.45) is 0 Å². The van der Waals surface area contributed by atoms with Crippen LogP contribution < -0.4 is 8.92 Å². The summed E-state index contributed by atoms with van der Waals surface area (Å²) in [6, 6.07) is 6.11. The molecule has 0 saturated carbocycles. The number of amides is 1. The summed E-state index contributed by atoms with van der Waals surface area (Å²) in [6.07, 6.45) is 2.72. The van der Waals surface area contributed by atoms with Crippen LogP contribution in [0.3, 0.4) is 0 Å². The molecular formula is C30H36F3N5O6S2. The largest absolute Gasteiger partial charge is 0.534 e. The van der Waals surface area contributed by atoms with Gasteiger partial charge < -0.3 is 18.6 Å². The number of rotatable bonds is 9. The maximum Gasteiger partial charge on any atom is 0.534 e. The number of hydrogen-bond acceptors (Lipinski definition) is 10. The van der Waals surface area contributed by atoms with E-state index in [1.54, 1.807) is 33.2 Å². The number of fused-ring (bicyclic) bond motifs is 2. The summed E-state index contributed by atoms with van der Waals surface area (Å²) in [7, 11) is -4.52. The van der Waals surface area contributed by atoms with Gasteiger partial charge in [-0.05, 0) is 42.6 Å². The van der Waals surface area contributed by atoms with Crippen molar-refractivity contribution in [2.75, 3.05) is 26.9 Å². The molecule has 11 nitrogen and oxygen atoms in total. The normalized spacial score (nSPS) is 14.4. The number of aromatic nitrogens is 4. The van der Waals surface area contributed by atoms with Gasteiger partial charge in [0, 0.05) is 19.9 Å². The second kappa shape index (κ2) is 15.5. The zero-order valence-electron chi connectivity index (χ0n) is 26.3. The molecule has 0 N–H and O–H groups in total. The van der Waals surface area contributed by atoms with Gasteiger partial charge in [0.1, 0.15) is 29.4 Å². The molecule has 0 bridgehead atoms. The Morgan fingerprint density at radius 2 is 1.89 bits per heavy atom. The number of pyridine rings is 2. The van der Waals surface area contributed by atoms with Gasteiger partial charge in [-0.15, -0.1) is 11.3 Å². The summed E-state index contributed by atoms with van der Waals surface area (Å²) in [5, 5.41) is 6.27. The molecule has 5 heterocycles. The summed E-state index contributed by atoms with van der Waals surface area (Å²) in [5.41, 5.74) is -4.17. The highest BCUT2D eigenvalue weighted by atomic mass is 32.2. The van der Waals surface area contributed by atoms with Crippen LogP contribution >= 0.6 is 11.3 Å². The zero-order chi connectivity index (χ0) is 34.2. The minimum absolute atomic E-state index is 0.0170. The van der Waals surface area contributed by atoms with Gasteiger partial charge in [-0.1, -0.05) is 34.3 Å². The molecule has 4 aromatic rings. The van der Waals surface area contributed by atoms with Gasteiger partial charge in [-0.3, -0.25) is 14.5 Å². The second-order valence-corrected chi connectivity index (χ2v) is 11.7. The number of hydrogen-bond donors (Lipinski definition) is 0. The third-order valence-corrected chi connectivity index (χ3v) is 8.27. The molecular weight excluding hydrogens is 647 g/mol. The van der Waals surface area contributed by atoms with Crippen molar-refractivity contribution in [3.63, 3.8) is 0 Å². The molecule has 46 heavy (non-hydrogen) atoms. The van der Waals surface area contributed by atoms with Crippen molar-refractivity contribution in [1.82, 2.24) is 24.6 Å². The third-order valence-electron chi connectivity index (χ3n) is 6.39. The second-order valence-electron chi connectivity index (χ2n) is 9.22. The first kappa shape index (κ1) is 36.4. The van der Waals surface area contributed by atoms with Gasteiger partial charge in [-0.2, -0.15) is 26.7 Å². The van der Waals surface area contributed by atoms with Crippen molar-refractivity contribution in [1.29, 1.82) is 0 Å². The predicted octanol–water partition coefficient (Wildman–Crippen LogP) is 6.62. The molecule has 250 valence electrons. The van der Waals surface area contributed by atoms with Gasteiger partial charge in [0.15, 0.2) is 0 Å². The number of thiophene rings is 1. The fraction of sp³-hybridized carbons (Fsp3) is 0.400. The Kier molecular flexibility index (Phi) is 12.3. The molecule has 0 aliphatic carbocycles. The van der Waals surface area contributed by atoms with Crippen molar-refractivity contribution in [3.8, 4) is 34.3 Å². The lowest BCUT2D eigenvalue weighted by Crippen LogP contribution is -2.39. The molecule has 0 radical (unpaired) electrons. The first-order chi connectivity index (χ1) is 21.9. The molecule has 0 saturated heterocycles. The molecule has 1 aliphatic rings. The van der Waals surface area contributed by atoms with Gasteiger partial charge >= 0.3 is 15.6 Å². The van der Waals surface area contributed by atoms with E-state index in [0.29, 0.717) is 33.9 Å². The average molecular weight is 684 g/mol. The number of carbonyl (C=O) groups excluding carboxylic acids is 1. The first-order valence-corrected chi connectivity index (χ1v) is 16.7. The standard InChI is InChI=1S/C26H24F3N5O6S2.2C2H6/c1-4-20(35)33-13-15(2)34-16(14-33)12-18(32-34)22-21(23-19(6-5-8-30-23)39-10-9-38-3)24-17(7-11-41-24)25(31-22)40-42(36,37)26(27,28)29;2*1-2/h4-8,11-12,15H,1,9-10,13-14H2,2-3H3;2*1-2H3. The van der Waals surface area contributed by atoms with E-state index >= 15 is 0 Å². The Morgan fingerprint density at radius 3 is 2.54 bits per heavy atom. The molecule has 0 spiro atoms. The third kappa shape index (κ3) is 7.50. The average Bonchev–Trinajstić information content (AvgIpc) is 3.71. The fourth-order valence-electron chi connectivity index (χ4n) is 4.55. The Hall–Kier alpha value is -4.02. The smallest absolute Gasteiger partial charge is 0.489 e. The van der Waals surface area contributed by atoms with Crippen LogP contribution in [0.1, 0.15) is 46.4 Å². The van der Waals surface area contributed by atoms with E-state index in [9.17, 15) is 26.4 Å². The molecule has 0 aromatic carbocycles. The highest BCUT2D eigenvalue weighted by Gasteiger charge is 2.49. The summed E-state index contributed by atoms with van der Waals surface area (Å²) < 4.78 is 81.6. The molecule has 0 fully saturated rings. The van der Waals surface area contributed by atoms with Crippen LogP contribution in [0.15, 0.2) is 48.5 Å². The van der Waals surface area contributed by atoms with Crippen LogP contribution in [0.5, 0.6) is 11.6 Å². The SMILES string of the molecule is C=CC(=O)N1Cc2cc(-c3nc(OS(=O)(=O)C(F)(F)F)c4ccsc4c3-c3ncccc3OCCOC)nn2C(C)C1.CC.CC.